The van der Waals surface area contributed by atoms with Crippen LogP contribution in [0.4, 0.5) is 0 Å². The van der Waals surface area contributed by atoms with E-state index >= 15 is 0 Å². The number of amides is 1. The first-order valence-corrected chi connectivity index (χ1v) is 8.31. The van der Waals surface area contributed by atoms with Crippen LogP contribution in [0.3, 0.4) is 0 Å². The van der Waals surface area contributed by atoms with E-state index in [1.807, 2.05) is 40.6 Å². The van der Waals surface area contributed by atoms with E-state index < -0.39 is 0 Å². The molecule has 0 radical (unpaired) electrons. The van der Waals surface area contributed by atoms with E-state index in [1.165, 1.54) is 17.8 Å². The second kappa shape index (κ2) is 5.98. The minimum Gasteiger partial charge on any atom is -0.337 e. The molecule has 1 aliphatic heterocycles. The maximum atomic E-state index is 12.6. The number of benzene rings is 1. The zero-order valence-electron chi connectivity index (χ0n) is 12.5. The lowest BCUT2D eigenvalue weighted by Gasteiger charge is -2.34. The summed E-state index contributed by atoms with van der Waals surface area (Å²) in [6.45, 7) is 6.13. The van der Waals surface area contributed by atoms with Gasteiger partial charge >= 0.3 is 0 Å². The SMILES string of the molecule is CC1CC(C)CN(C(=O)c2csc(-c3ccccc3)n2)C1. The van der Waals surface area contributed by atoms with E-state index in [4.69, 9.17) is 0 Å². The zero-order valence-corrected chi connectivity index (χ0v) is 13.3. The van der Waals surface area contributed by atoms with Crippen LogP contribution in [0.5, 0.6) is 0 Å². The first-order chi connectivity index (χ1) is 10.1. The summed E-state index contributed by atoms with van der Waals surface area (Å²) in [5, 5.41) is 2.80. The smallest absolute Gasteiger partial charge is 0.273 e. The van der Waals surface area contributed by atoms with Crippen LogP contribution >= 0.6 is 11.3 Å². The van der Waals surface area contributed by atoms with E-state index in [0.29, 0.717) is 17.5 Å². The average molecular weight is 300 g/mol. The minimum absolute atomic E-state index is 0.0758. The number of likely N-dealkylation sites (tertiary alicyclic amines) is 1. The molecule has 1 aromatic carbocycles. The Labute approximate surface area is 129 Å². The molecular formula is C17H20N2OS. The molecule has 1 aliphatic rings. The normalized spacial score (nSPS) is 22.3. The van der Waals surface area contributed by atoms with Gasteiger partial charge in [-0.3, -0.25) is 4.79 Å². The number of aromatic nitrogens is 1. The molecule has 21 heavy (non-hydrogen) atoms. The van der Waals surface area contributed by atoms with Crippen molar-refractivity contribution in [1.29, 1.82) is 0 Å². The Bertz CT molecular complexity index is 613. The van der Waals surface area contributed by atoms with Crippen LogP contribution in [0.2, 0.25) is 0 Å². The van der Waals surface area contributed by atoms with Crippen molar-refractivity contribution in [2.24, 2.45) is 11.8 Å². The number of rotatable bonds is 2. The number of hydrogen-bond donors (Lipinski definition) is 0. The largest absolute Gasteiger partial charge is 0.337 e. The first-order valence-electron chi connectivity index (χ1n) is 7.43. The molecular weight excluding hydrogens is 280 g/mol. The van der Waals surface area contributed by atoms with Gasteiger partial charge in [0.1, 0.15) is 10.7 Å². The van der Waals surface area contributed by atoms with Crippen molar-refractivity contribution in [2.75, 3.05) is 13.1 Å². The summed E-state index contributed by atoms with van der Waals surface area (Å²) in [4.78, 5) is 19.1. The lowest BCUT2D eigenvalue weighted by atomic mass is 9.92. The van der Waals surface area contributed by atoms with Gasteiger partial charge in [0.05, 0.1) is 0 Å². The molecule has 110 valence electrons. The van der Waals surface area contributed by atoms with Gasteiger partial charge in [-0.05, 0) is 18.3 Å². The second-order valence-electron chi connectivity index (χ2n) is 6.06. The molecule has 1 aromatic heterocycles. The van der Waals surface area contributed by atoms with Crippen LogP contribution in [-0.2, 0) is 0 Å². The molecule has 0 aliphatic carbocycles. The van der Waals surface area contributed by atoms with Crippen LogP contribution < -0.4 is 0 Å². The Morgan fingerprint density at radius 3 is 2.52 bits per heavy atom. The predicted octanol–water partition coefficient (Wildman–Crippen LogP) is 3.93. The van der Waals surface area contributed by atoms with Crippen molar-refractivity contribution < 1.29 is 4.79 Å². The highest BCUT2D eigenvalue weighted by Crippen LogP contribution is 2.26. The van der Waals surface area contributed by atoms with Crippen molar-refractivity contribution in [3.05, 3.63) is 41.4 Å². The third-order valence-corrected chi connectivity index (χ3v) is 4.79. The molecule has 2 heterocycles. The van der Waals surface area contributed by atoms with E-state index in [1.54, 1.807) is 0 Å². The zero-order chi connectivity index (χ0) is 14.8. The van der Waals surface area contributed by atoms with Gasteiger partial charge in [-0.25, -0.2) is 4.98 Å². The van der Waals surface area contributed by atoms with E-state index in [9.17, 15) is 4.79 Å². The van der Waals surface area contributed by atoms with Gasteiger partial charge in [-0.1, -0.05) is 44.2 Å². The Kier molecular flexibility index (Phi) is 4.06. The quantitative estimate of drug-likeness (QED) is 0.842. The molecule has 4 heteroatoms. The molecule has 0 spiro atoms. The van der Waals surface area contributed by atoms with Crippen LogP contribution in [0.15, 0.2) is 35.7 Å². The minimum atomic E-state index is 0.0758. The Hall–Kier alpha value is -1.68. The van der Waals surface area contributed by atoms with Gasteiger partial charge in [-0.15, -0.1) is 11.3 Å². The molecule has 3 rings (SSSR count). The van der Waals surface area contributed by atoms with Crippen LogP contribution in [0, 0.1) is 11.8 Å². The molecule has 0 bridgehead atoms. The second-order valence-corrected chi connectivity index (χ2v) is 6.92. The number of thiazole rings is 1. The number of hydrogen-bond acceptors (Lipinski definition) is 3. The number of carbonyl (C=O) groups excluding carboxylic acids is 1. The van der Waals surface area contributed by atoms with Crippen LogP contribution in [-0.4, -0.2) is 28.9 Å². The van der Waals surface area contributed by atoms with Gasteiger partial charge in [0, 0.05) is 24.0 Å². The summed E-state index contributed by atoms with van der Waals surface area (Å²) in [5.41, 5.74) is 1.65. The summed E-state index contributed by atoms with van der Waals surface area (Å²) < 4.78 is 0. The first kappa shape index (κ1) is 14.3. The Morgan fingerprint density at radius 1 is 1.19 bits per heavy atom. The highest BCUT2D eigenvalue weighted by atomic mass is 32.1. The Balaban J connectivity index is 1.78. The van der Waals surface area contributed by atoms with Gasteiger partial charge in [0.2, 0.25) is 0 Å². The van der Waals surface area contributed by atoms with Crippen molar-refractivity contribution in [2.45, 2.75) is 20.3 Å². The van der Waals surface area contributed by atoms with Crippen molar-refractivity contribution in [1.82, 2.24) is 9.88 Å². The summed E-state index contributed by atoms with van der Waals surface area (Å²) in [7, 11) is 0. The van der Waals surface area contributed by atoms with Crippen molar-refractivity contribution in [3.63, 3.8) is 0 Å². The fraction of sp³-hybridized carbons (Fsp3) is 0.412. The maximum Gasteiger partial charge on any atom is 0.273 e. The third kappa shape index (κ3) is 3.16. The molecule has 0 saturated carbocycles. The number of carbonyl (C=O) groups is 1. The van der Waals surface area contributed by atoms with Crippen molar-refractivity contribution in [3.8, 4) is 10.6 Å². The molecule has 2 atom stereocenters. The molecule has 1 fully saturated rings. The predicted molar refractivity (Wildman–Crippen MR) is 86.4 cm³/mol. The van der Waals surface area contributed by atoms with Crippen molar-refractivity contribution >= 4 is 17.2 Å². The third-order valence-electron chi connectivity index (χ3n) is 3.90. The summed E-state index contributed by atoms with van der Waals surface area (Å²) >= 11 is 1.54. The van der Waals surface area contributed by atoms with E-state index in [0.717, 1.165) is 23.7 Å². The lowest BCUT2D eigenvalue weighted by molar-refractivity contribution is 0.0618. The lowest BCUT2D eigenvalue weighted by Crippen LogP contribution is -2.42. The topological polar surface area (TPSA) is 33.2 Å². The van der Waals surface area contributed by atoms with Gasteiger partial charge in [0.15, 0.2) is 0 Å². The number of nitrogens with zero attached hydrogens (tertiary/aromatic N) is 2. The molecule has 1 saturated heterocycles. The summed E-state index contributed by atoms with van der Waals surface area (Å²) in [6, 6.07) is 10.0. The van der Waals surface area contributed by atoms with Gasteiger partial charge in [0.25, 0.3) is 5.91 Å². The molecule has 1 amide bonds. The van der Waals surface area contributed by atoms with Crippen LogP contribution in [0.1, 0.15) is 30.8 Å². The highest BCUT2D eigenvalue weighted by molar-refractivity contribution is 7.13. The van der Waals surface area contributed by atoms with E-state index in [-0.39, 0.29) is 5.91 Å². The fourth-order valence-corrected chi connectivity index (χ4v) is 3.88. The van der Waals surface area contributed by atoms with Gasteiger partial charge < -0.3 is 4.90 Å². The standard InChI is InChI=1S/C17H20N2OS/c1-12-8-13(2)10-19(9-12)17(20)15-11-21-16(18-15)14-6-4-3-5-7-14/h3-7,11-13H,8-10H2,1-2H3. The van der Waals surface area contributed by atoms with Gasteiger partial charge in [-0.2, -0.15) is 0 Å². The summed E-state index contributed by atoms with van der Waals surface area (Å²) in [5.74, 6) is 1.22. The molecule has 0 N–H and O–H groups in total. The Morgan fingerprint density at radius 2 is 1.86 bits per heavy atom. The van der Waals surface area contributed by atoms with Crippen LogP contribution in [0.25, 0.3) is 10.6 Å². The summed E-state index contributed by atoms with van der Waals surface area (Å²) in [6.07, 6.45) is 1.20. The number of piperidine rings is 1. The maximum absolute atomic E-state index is 12.6. The van der Waals surface area contributed by atoms with E-state index in [2.05, 4.69) is 18.8 Å². The average Bonchev–Trinajstić information content (AvgIpc) is 2.96. The molecule has 2 unspecified atom stereocenters. The highest BCUT2D eigenvalue weighted by Gasteiger charge is 2.27. The monoisotopic (exact) mass is 300 g/mol. The fourth-order valence-electron chi connectivity index (χ4n) is 3.08. The molecule has 2 aromatic rings. The molecule has 3 nitrogen and oxygen atoms in total.